The number of rotatable bonds is 12. The van der Waals surface area contributed by atoms with Crippen LogP contribution in [-0.2, 0) is 19.1 Å². The van der Waals surface area contributed by atoms with Crippen LogP contribution in [0.1, 0.15) is 19.3 Å². The summed E-state index contributed by atoms with van der Waals surface area (Å²) >= 11 is 0. The van der Waals surface area contributed by atoms with Gasteiger partial charge in [-0.05, 0) is 67.1 Å². The van der Waals surface area contributed by atoms with Gasteiger partial charge in [0.25, 0.3) is 5.91 Å². The van der Waals surface area contributed by atoms with Gasteiger partial charge >= 0.3 is 5.97 Å². The van der Waals surface area contributed by atoms with Crippen molar-refractivity contribution in [3.8, 4) is 23.0 Å². The SMILES string of the molecule is COc1ccc(Oc2ccc(NC(=O)CCCC(=O)OCC(=O)Nc3ccccc3OC)cc2)cc1. The van der Waals surface area contributed by atoms with Crippen LogP contribution in [0.25, 0.3) is 0 Å². The predicted molar refractivity (Wildman–Crippen MR) is 135 cm³/mol. The Morgan fingerprint density at radius 2 is 1.33 bits per heavy atom. The van der Waals surface area contributed by atoms with Crippen molar-refractivity contribution in [3.63, 3.8) is 0 Å². The first-order valence-corrected chi connectivity index (χ1v) is 11.3. The third-order valence-electron chi connectivity index (χ3n) is 4.96. The zero-order valence-electron chi connectivity index (χ0n) is 20.1. The highest BCUT2D eigenvalue weighted by Crippen LogP contribution is 2.25. The van der Waals surface area contributed by atoms with Crippen LogP contribution in [0.2, 0.25) is 0 Å². The maximum Gasteiger partial charge on any atom is 0.306 e. The highest BCUT2D eigenvalue weighted by atomic mass is 16.5. The zero-order chi connectivity index (χ0) is 25.8. The molecule has 9 nitrogen and oxygen atoms in total. The van der Waals surface area contributed by atoms with E-state index >= 15 is 0 Å². The largest absolute Gasteiger partial charge is 0.497 e. The fourth-order valence-electron chi connectivity index (χ4n) is 3.16. The number of carbonyl (C=O) groups is 3. The van der Waals surface area contributed by atoms with E-state index in [0.29, 0.717) is 28.6 Å². The minimum absolute atomic E-state index is 0.0179. The minimum Gasteiger partial charge on any atom is -0.497 e. The number of hydrogen-bond donors (Lipinski definition) is 2. The average Bonchev–Trinajstić information content (AvgIpc) is 2.89. The fraction of sp³-hybridized carbons (Fsp3) is 0.222. The van der Waals surface area contributed by atoms with Gasteiger partial charge in [-0.15, -0.1) is 0 Å². The normalized spacial score (nSPS) is 10.2. The summed E-state index contributed by atoms with van der Waals surface area (Å²) in [6.45, 7) is -0.423. The van der Waals surface area contributed by atoms with Crippen LogP contribution in [0.3, 0.4) is 0 Å². The highest BCUT2D eigenvalue weighted by molar-refractivity contribution is 5.94. The molecule has 0 atom stereocenters. The van der Waals surface area contributed by atoms with E-state index in [1.54, 1.807) is 79.9 Å². The summed E-state index contributed by atoms with van der Waals surface area (Å²) in [6.07, 6.45) is 0.439. The Kier molecular flexibility index (Phi) is 9.69. The van der Waals surface area contributed by atoms with Crippen LogP contribution in [0.5, 0.6) is 23.0 Å². The lowest BCUT2D eigenvalue weighted by Gasteiger charge is -2.10. The lowest BCUT2D eigenvalue weighted by Crippen LogP contribution is -2.21. The van der Waals surface area contributed by atoms with Gasteiger partial charge in [0.1, 0.15) is 23.0 Å². The zero-order valence-corrected chi connectivity index (χ0v) is 20.1. The van der Waals surface area contributed by atoms with Gasteiger partial charge in [-0.3, -0.25) is 14.4 Å². The van der Waals surface area contributed by atoms with E-state index in [4.69, 9.17) is 18.9 Å². The molecule has 3 aromatic rings. The second-order valence-corrected chi connectivity index (χ2v) is 7.61. The standard InChI is InChI=1S/C27H28N2O7/c1-33-20-14-16-22(17-15-20)36-21-12-10-19(11-13-21)28-25(30)8-5-9-27(32)35-18-26(31)29-23-6-3-4-7-24(23)34-2/h3-4,6-7,10-17H,5,8-9,18H2,1-2H3,(H,28,30)(H,29,31). The van der Waals surface area contributed by atoms with Gasteiger partial charge in [-0.2, -0.15) is 0 Å². The third-order valence-corrected chi connectivity index (χ3v) is 4.96. The van der Waals surface area contributed by atoms with Gasteiger partial charge in [-0.25, -0.2) is 0 Å². The number of ether oxygens (including phenoxy) is 4. The summed E-state index contributed by atoms with van der Waals surface area (Å²) < 4.78 is 21.0. The average molecular weight is 493 g/mol. The molecule has 2 amide bonds. The van der Waals surface area contributed by atoms with E-state index in [-0.39, 0.29) is 25.2 Å². The van der Waals surface area contributed by atoms with Crippen molar-refractivity contribution in [3.05, 3.63) is 72.8 Å². The molecule has 0 saturated carbocycles. The fourth-order valence-corrected chi connectivity index (χ4v) is 3.16. The molecule has 0 aliphatic carbocycles. The number of amides is 2. The van der Waals surface area contributed by atoms with Crippen LogP contribution in [0.4, 0.5) is 11.4 Å². The molecule has 0 aliphatic rings. The Morgan fingerprint density at radius 3 is 2.00 bits per heavy atom. The van der Waals surface area contributed by atoms with Gasteiger partial charge in [0, 0.05) is 18.5 Å². The van der Waals surface area contributed by atoms with Crippen molar-refractivity contribution in [1.82, 2.24) is 0 Å². The van der Waals surface area contributed by atoms with Crippen LogP contribution >= 0.6 is 0 Å². The molecule has 0 heterocycles. The van der Waals surface area contributed by atoms with Gasteiger partial charge < -0.3 is 29.6 Å². The summed E-state index contributed by atoms with van der Waals surface area (Å²) in [5, 5.41) is 5.39. The summed E-state index contributed by atoms with van der Waals surface area (Å²) in [6, 6.07) is 21.1. The van der Waals surface area contributed by atoms with E-state index in [1.807, 2.05) is 0 Å². The Labute approximate surface area is 209 Å². The Bertz CT molecular complexity index is 1160. The summed E-state index contributed by atoms with van der Waals surface area (Å²) in [7, 11) is 3.09. The van der Waals surface area contributed by atoms with E-state index in [9.17, 15) is 14.4 Å². The third kappa shape index (κ3) is 8.35. The maximum absolute atomic E-state index is 12.2. The van der Waals surface area contributed by atoms with Crippen molar-refractivity contribution in [2.75, 3.05) is 31.5 Å². The molecule has 0 fully saturated rings. The summed E-state index contributed by atoms with van der Waals surface area (Å²) in [4.78, 5) is 36.1. The van der Waals surface area contributed by atoms with Crippen molar-refractivity contribution in [1.29, 1.82) is 0 Å². The number of carbonyl (C=O) groups excluding carboxylic acids is 3. The van der Waals surface area contributed by atoms with Gasteiger partial charge in [0.2, 0.25) is 5.91 Å². The molecular formula is C27H28N2O7. The molecule has 0 radical (unpaired) electrons. The van der Waals surface area contributed by atoms with Crippen molar-refractivity contribution >= 4 is 29.2 Å². The highest BCUT2D eigenvalue weighted by Gasteiger charge is 2.11. The summed E-state index contributed by atoms with van der Waals surface area (Å²) in [5.74, 6) is 1.25. The van der Waals surface area contributed by atoms with E-state index in [2.05, 4.69) is 10.6 Å². The number of methoxy groups -OCH3 is 2. The van der Waals surface area contributed by atoms with Crippen molar-refractivity contribution < 1.29 is 33.3 Å². The number of esters is 1. The maximum atomic E-state index is 12.2. The molecule has 3 aromatic carbocycles. The molecule has 0 spiro atoms. The first-order valence-electron chi connectivity index (χ1n) is 11.3. The molecule has 0 aromatic heterocycles. The monoisotopic (exact) mass is 492 g/mol. The van der Waals surface area contributed by atoms with Gasteiger partial charge in [0.15, 0.2) is 6.61 Å². The smallest absolute Gasteiger partial charge is 0.306 e. The molecule has 188 valence electrons. The Balaban J connectivity index is 1.33. The number of nitrogens with one attached hydrogen (secondary N) is 2. The molecule has 36 heavy (non-hydrogen) atoms. The number of anilines is 2. The van der Waals surface area contributed by atoms with E-state index < -0.39 is 18.5 Å². The lowest BCUT2D eigenvalue weighted by molar-refractivity contribution is -0.147. The summed E-state index contributed by atoms with van der Waals surface area (Å²) in [5.41, 5.74) is 1.09. The molecule has 0 saturated heterocycles. The Hall–Kier alpha value is -4.53. The molecule has 0 unspecified atom stereocenters. The van der Waals surface area contributed by atoms with Crippen LogP contribution in [0.15, 0.2) is 72.8 Å². The minimum atomic E-state index is -0.557. The second-order valence-electron chi connectivity index (χ2n) is 7.61. The molecule has 0 bridgehead atoms. The molecule has 9 heteroatoms. The second kappa shape index (κ2) is 13.4. The predicted octanol–water partition coefficient (Wildman–Crippen LogP) is 4.79. The van der Waals surface area contributed by atoms with Crippen molar-refractivity contribution in [2.24, 2.45) is 0 Å². The van der Waals surface area contributed by atoms with Crippen molar-refractivity contribution in [2.45, 2.75) is 19.3 Å². The molecule has 3 rings (SSSR count). The van der Waals surface area contributed by atoms with Gasteiger partial charge in [-0.1, -0.05) is 12.1 Å². The lowest BCUT2D eigenvalue weighted by atomic mass is 10.2. The number of para-hydroxylation sites is 2. The first-order chi connectivity index (χ1) is 17.5. The Morgan fingerprint density at radius 1 is 0.694 bits per heavy atom. The number of benzene rings is 3. The quantitative estimate of drug-likeness (QED) is 0.350. The van der Waals surface area contributed by atoms with Gasteiger partial charge in [0.05, 0.1) is 19.9 Å². The van der Waals surface area contributed by atoms with E-state index in [1.165, 1.54) is 7.11 Å². The van der Waals surface area contributed by atoms with Crippen LogP contribution in [0, 0.1) is 0 Å². The van der Waals surface area contributed by atoms with Crippen LogP contribution < -0.4 is 24.8 Å². The van der Waals surface area contributed by atoms with Crippen LogP contribution in [-0.4, -0.2) is 38.6 Å². The molecule has 2 N–H and O–H groups in total. The topological polar surface area (TPSA) is 112 Å². The first kappa shape index (κ1) is 26.1. The van der Waals surface area contributed by atoms with E-state index in [0.717, 1.165) is 5.75 Å². The number of hydrogen-bond acceptors (Lipinski definition) is 7. The molecular weight excluding hydrogens is 464 g/mol. The molecule has 0 aliphatic heterocycles.